The third-order valence-electron chi connectivity index (χ3n) is 4.47. The maximum absolute atomic E-state index is 12.3. The minimum absolute atomic E-state index is 0.00538. The first-order valence-electron chi connectivity index (χ1n) is 8.47. The average molecular weight is 315 g/mol. The van der Waals surface area contributed by atoms with Crippen molar-refractivity contribution in [2.75, 3.05) is 20.1 Å². The van der Waals surface area contributed by atoms with Gasteiger partial charge in [-0.1, -0.05) is 24.3 Å². The monoisotopic (exact) mass is 315 g/mol. The van der Waals surface area contributed by atoms with Crippen LogP contribution in [0.5, 0.6) is 0 Å². The quantitative estimate of drug-likeness (QED) is 0.834. The Morgan fingerprint density at radius 1 is 1.09 bits per heavy atom. The van der Waals surface area contributed by atoms with Crippen molar-refractivity contribution < 1.29 is 9.59 Å². The minimum atomic E-state index is -0.0200. The number of carbonyl (C=O) groups is 2. The van der Waals surface area contributed by atoms with E-state index in [1.807, 2.05) is 6.07 Å². The smallest absolute Gasteiger partial charge is 0.234 e. The zero-order chi connectivity index (χ0) is 16.2. The van der Waals surface area contributed by atoms with Crippen molar-refractivity contribution in [1.82, 2.24) is 15.5 Å². The SMILES string of the molecule is CN(CC(=O)NC1CC1)CC(=O)N[C@H]1CCCc2ccccc21. The van der Waals surface area contributed by atoms with Gasteiger partial charge < -0.3 is 10.6 Å². The molecule has 124 valence electrons. The number of aryl methyl sites for hydroxylation is 1. The number of nitrogens with zero attached hydrogens (tertiary/aromatic N) is 1. The number of benzene rings is 1. The van der Waals surface area contributed by atoms with Gasteiger partial charge in [-0.2, -0.15) is 0 Å². The lowest BCUT2D eigenvalue weighted by molar-refractivity contribution is -0.125. The molecule has 3 rings (SSSR count). The predicted octanol–water partition coefficient (Wildman–Crippen LogP) is 1.39. The fraction of sp³-hybridized carbons (Fsp3) is 0.556. The second-order valence-corrected chi connectivity index (χ2v) is 6.73. The maximum Gasteiger partial charge on any atom is 0.234 e. The molecule has 1 saturated carbocycles. The van der Waals surface area contributed by atoms with Gasteiger partial charge in [0.2, 0.25) is 11.8 Å². The lowest BCUT2D eigenvalue weighted by Gasteiger charge is -2.27. The Hall–Kier alpha value is -1.88. The lowest BCUT2D eigenvalue weighted by Crippen LogP contribution is -2.42. The molecule has 0 aliphatic heterocycles. The summed E-state index contributed by atoms with van der Waals surface area (Å²) in [6.45, 7) is 0.516. The van der Waals surface area contributed by atoms with E-state index < -0.39 is 0 Å². The van der Waals surface area contributed by atoms with Gasteiger partial charge in [-0.15, -0.1) is 0 Å². The highest BCUT2D eigenvalue weighted by molar-refractivity contribution is 5.81. The normalized spacial score (nSPS) is 20.0. The van der Waals surface area contributed by atoms with Gasteiger partial charge in [0.15, 0.2) is 0 Å². The fourth-order valence-corrected chi connectivity index (χ4v) is 3.19. The van der Waals surface area contributed by atoms with Crippen LogP contribution in [-0.4, -0.2) is 42.9 Å². The Bertz CT molecular complexity index is 583. The van der Waals surface area contributed by atoms with Crippen LogP contribution in [0.25, 0.3) is 0 Å². The molecule has 23 heavy (non-hydrogen) atoms. The van der Waals surface area contributed by atoms with Crippen molar-refractivity contribution in [3.05, 3.63) is 35.4 Å². The highest BCUT2D eigenvalue weighted by atomic mass is 16.2. The first-order chi connectivity index (χ1) is 11.1. The predicted molar refractivity (Wildman–Crippen MR) is 88.9 cm³/mol. The van der Waals surface area contributed by atoms with E-state index in [4.69, 9.17) is 0 Å². The molecule has 1 aromatic carbocycles. The molecule has 0 spiro atoms. The Morgan fingerprint density at radius 3 is 2.52 bits per heavy atom. The van der Waals surface area contributed by atoms with Crippen LogP contribution >= 0.6 is 0 Å². The summed E-state index contributed by atoms with van der Waals surface area (Å²) in [6, 6.07) is 8.78. The molecular weight excluding hydrogens is 290 g/mol. The number of amides is 2. The van der Waals surface area contributed by atoms with Crippen molar-refractivity contribution in [2.24, 2.45) is 0 Å². The molecule has 0 bridgehead atoms. The molecule has 1 atom stereocenters. The Balaban J connectivity index is 1.48. The molecule has 0 heterocycles. The molecular formula is C18H25N3O2. The summed E-state index contributed by atoms with van der Waals surface area (Å²) in [5, 5.41) is 6.06. The number of likely N-dealkylation sites (N-methyl/N-ethyl adjacent to an activating group) is 1. The molecule has 5 heteroatoms. The van der Waals surface area contributed by atoms with Crippen molar-refractivity contribution in [2.45, 2.75) is 44.2 Å². The van der Waals surface area contributed by atoms with E-state index in [0.717, 1.165) is 32.1 Å². The summed E-state index contributed by atoms with van der Waals surface area (Å²) < 4.78 is 0. The van der Waals surface area contributed by atoms with Crippen molar-refractivity contribution in [1.29, 1.82) is 0 Å². The largest absolute Gasteiger partial charge is 0.352 e. The summed E-state index contributed by atoms with van der Waals surface area (Å²) in [5.74, 6) is -0.0146. The van der Waals surface area contributed by atoms with Crippen LogP contribution in [0, 0.1) is 0 Å². The number of fused-ring (bicyclic) bond motifs is 1. The Kier molecular flexibility index (Phi) is 4.96. The van der Waals surface area contributed by atoms with Crippen LogP contribution in [0.2, 0.25) is 0 Å². The summed E-state index contributed by atoms with van der Waals surface area (Å²) in [6.07, 6.45) is 5.33. The molecule has 2 amide bonds. The number of nitrogens with one attached hydrogen (secondary N) is 2. The summed E-state index contributed by atoms with van der Waals surface area (Å²) in [7, 11) is 1.81. The first kappa shape index (κ1) is 16.0. The van der Waals surface area contributed by atoms with Crippen LogP contribution in [0.15, 0.2) is 24.3 Å². The standard InChI is InChI=1S/C18H25N3O2/c1-21(11-17(22)19-14-9-10-14)12-18(23)20-16-8-4-6-13-5-2-3-7-15(13)16/h2-3,5,7,14,16H,4,6,8-12H2,1H3,(H,19,22)(H,20,23)/t16-/m0/s1. The third-order valence-corrected chi connectivity index (χ3v) is 4.47. The number of rotatable bonds is 6. The van der Waals surface area contributed by atoms with Gasteiger partial charge >= 0.3 is 0 Å². The van der Waals surface area contributed by atoms with E-state index in [1.165, 1.54) is 11.1 Å². The van der Waals surface area contributed by atoms with Crippen molar-refractivity contribution in [3.63, 3.8) is 0 Å². The van der Waals surface area contributed by atoms with E-state index in [9.17, 15) is 9.59 Å². The highest BCUT2D eigenvalue weighted by Crippen LogP contribution is 2.29. The van der Waals surface area contributed by atoms with Crippen molar-refractivity contribution in [3.8, 4) is 0 Å². The summed E-state index contributed by atoms with van der Waals surface area (Å²) in [4.78, 5) is 25.8. The molecule has 0 aromatic heterocycles. The van der Waals surface area contributed by atoms with E-state index >= 15 is 0 Å². The van der Waals surface area contributed by atoms with Gasteiger partial charge in [0, 0.05) is 6.04 Å². The third kappa shape index (κ3) is 4.55. The van der Waals surface area contributed by atoms with E-state index in [0.29, 0.717) is 6.04 Å². The second-order valence-electron chi connectivity index (χ2n) is 6.73. The molecule has 5 nitrogen and oxygen atoms in total. The van der Waals surface area contributed by atoms with E-state index in [-0.39, 0.29) is 30.9 Å². The molecule has 1 fully saturated rings. The maximum atomic E-state index is 12.3. The van der Waals surface area contributed by atoms with Crippen LogP contribution in [0.3, 0.4) is 0 Å². The van der Waals surface area contributed by atoms with E-state index in [1.54, 1.807) is 11.9 Å². The topological polar surface area (TPSA) is 61.4 Å². The average Bonchev–Trinajstić information content (AvgIpc) is 3.31. The second kappa shape index (κ2) is 7.13. The van der Waals surface area contributed by atoms with Gasteiger partial charge in [0.1, 0.15) is 0 Å². The van der Waals surface area contributed by atoms with Gasteiger partial charge in [-0.25, -0.2) is 0 Å². The minimum Gasteiger partial charge on any atom is -0.352 e. The van der Waals surface area contributed by atoms with E-state index in [2.05, 4.69) is 28.8 Å². The van der Waals surface area contributed by atoms with Gasteiger partial charge in [0.25, 0.3) is 0 Å². The number of hydrogen-bond acceptors (Lipinski definition) is 3. The zero-order valence-electron chi connectivity index (χ0n) is 13.7. The zero-order valence-corrected chi connectivity index (χ0v) is 13.7. The van der Waals surface area contributed by atoms with Gasteiger partial charge in [-0.3, -0.25) is 14.5 Å². The molecule has 2 aliphatic rings. The highest BCUT2D eigenvalue weighted by Gasteiger charge is 2.24. The fourth-order valence-electron chi connectivity index (χ4n) is 3.19. The lowest BCUT2D eigenvalue weighted by atomic mass is 9.88. The Labute approximate surface area is 137 Å². The van der Waals surface area contributed by atoms with Gasteiger partial charge in [-0.05, 0) is 50.3 Å². The summed E-state index contributed by atoms with van der Waals surface area (Å²) in [5.41, 5.74) is 2.57. The molecule has 0 radical (unpaired) electrons. The van der Waals surface area contributed by atoms with Crippen LogP contribution < -0.4 is 10.6 Å². The van der Waals surface area contributed by atoms with Crippen molar-refractivity contribution >= 4 is 11.8 Å². The van der Waals surface area contributed by atoms with Crippen LogP contribution in [-0.2, 0) is 16.0 Å². The van der Waals surface area contributed by atoms with Gasteiger partial charge in [0.05, 0.1) is 19.1 Å². The summed E-state index contributed by atoms with van der Waals surface area (Å²) >= 11 is 0. The molecule has 2 N–H and O–H groups in total. The molecule has 0 saturated heterocycles. The molecule has 0 unspecified atom stereocenters. The number of carbonyl (C=O) groups excluding carboxylic acids is 2. The molecule has 2 aliphatic carbocycles. The first-order valence-corrected chi connectivity index (χ1v) is 8.47. The molecule has 1 aromatic rings. The van der Waals surface area contributed by atoms with Crippen LogP contribution in [0.4, 0.5) is 0 Å². The number of hydrogen-bond donors (Lipinski definition) is 2. The van der Waals surface area contributed by atoms with Crippen LogP contribution in [0.1, 0.15) is 42.9 Å². The Morgan fingerprint density at radius 2 is 1.78 bits per heavy atom.